The van der Waals surface area contributed by atoms with Crippen LogP contribution in [0.4, 0.5) is 5.69 Å². The van der Waals surface area contributed by atoms with E-state index in [0.717, 1.165) is 19.4 Å². The van der Waals surface area contributed by atoms with Crippen molar-refractivity contribution in [2.45, 2.75) is 19.8 Å². The molecule has 0 bridgehead atoms. The van der Waals surface area contributed by atoms with Crippen LogP contribution < -0.4 is 10.2 Å². The summed E-state index contributed by atoms with van der Waals surface area (Å²) >= 11 is 0. The Morgan fingerprint density at radius 1 is 1.50 bits per heavy atom. The molecule has 1 amide bonds. The first kappa shape index (κ1) is 12.9. The maximum atomic E-state index is 11.7. The van der Waals surface area contributed by atoms with E-state index in [1.54, 1.807) is 0 Å². The maximum absolute atomic E-state index is 11.7. The highest BCUT2D eigenvalue weighted by Gasteiger charge is 2.18. The minimum Gasteiger partial charge on any atom is -0.395 e. The largest absolute Gasteiger partial charge is 0.395 e. The number of benzene rings is 1. The second-order valence-corrected chi connectivity index (χ2v) is 4.73. The number of aliphatic hydroxyl groups is 1. The molecule has 0 radical (unpaired) electrons. The van der Waals surface area contributed by atoms with Crippen LogP contribution in [0, 0.1) is 6.92 Å². The van der Waals surface area contributed by atoms with E-state index in [0.29, 0.717) is 13.1 Å². The van der Waals surface area contributed by atoms with Crippen LogP contribution in [0.15, 0.2) is 18.2 Å². The van der Waals surface area contributed by atoms with Gasteiger partial charge in [-0.2, -0.15) is 0 Å². The Kier molecular flexibility index (Phi) is 4.20. The van der Waals surface area contributed by atoms with Crippen LogP contribution in [-0.4, -0.2) is 37.3 Å². The molecule has 0 fully saturated rings. The number of hydrogen-bond donors (Lipinski definition) is 2. The average molecular weight is 248 g/mol. The smallest absolute Gasteiger partial charge is 0.239 e. The van der Waals surface area contributed by atoms with Gasteiger partial charge in [0.2, 0.25) is 5.91 Å². The van der Waals surface area contributed by atoms with Gasteiger partial charge in [0.25, 0.3) is 0 Å². The van der Waals surface area contributed by atoms with Crippen molar-refractivity contribution in [3.05, 3.63) is 29.3 Å². The van der Waals surface area contributed by atoms with Crippen molar-refractivity contribution in [1.29, 1.82) is 0 Å². The number of nitrogens with zero attached hydrogens (tertiary/aromatic N) is 1. The summed E-state index contributed by atoms with van der Waals surface area (Å²) in [6.45, 7) is 3.70. The summed E-state index contributed by atoms with van der Waals surface area (Å²) in [6, 6.07) is 6.39. The number of carbonyl (C=O) groups is 1. The summed E-state index contributed by atoms with van der Waals surface area (Å²) in [6.07, 6.45) is 2.18. The Hall–Kier alpha value is -1.55. The summed E-state index contributed by atoms with van der Waals surface area (Å²) in [4.78, 5) is 13.8. The molecule has 0 atom stereocenters. The molecule has 1 aliphatic heterocycles. The summed E-state index contributed by atoms with van der Waals surface area (Å²) in [7, 11) is 0. The summed E-state index contributed by atoms with van der Waals surface area (Å²) in [5, 5.41) is 11.4. The average Bonchev–Trinajstić information content (AvgIpc) is 2.36. The van der Waals surface area contributed by atoms with E-state index in [4.69, 9.17) is 5.11 Å². The number of carbonyl (C=O) groups excluding carboxylic acids is 1. The third kappa shape index (κ3) is 3.01. The molecule has 1 aromatic rings. The van der Waals surface area contributed by atoms with Gasteiger partial charge in [0.05, 0.1) is 13.2 Å². The molecule has 0 aromatic heterocycles. The molecule has 0 spiro atoms. The molecular weight excluding hydrogens is 228 g/mol. The molecule has 98 valence electrons. The highest BCUT2D eigenvalue weighted by atomic mass is 16.3. The third-order valence-electron chi connectivity index (χ3n) is 3.22. The van der Waals surface area contributed by atoms with Crippen molar-refractivity contribution in [1.82, 2.24) is 5.32 Å². The highest BCUT2D eigenvalue weighted by molar-refractivity contribution is 5.81. The first-order chi connectivity index (χ1) is 8.70. The fraction of sp³-hybridized carbons (Fsp3) is 0.500. The zero-order valence-electron chi connectivity index (χ0n) is 10.8. The van der Waals surface area contributed by atoms with Crippen molar-refractivity contribution in [2.75, 3.05) is 31.1 Å². The number of fused-ring (bicyclic) bond motifs is 1. The van der Waals surface area contributed by atoms with Gasteiger partial charge >= 0.3 is 0 Å². The van der Waals surface area contributed by atoms with Gasteiger partial charge in [-0.3, -0.25) is 4.79 Å². The fourth-order valence-corrected chi connectivity index (χ4v) is 2.39. The lowest BCUT2D eigenvalue weighted by Gasteiger charge is -2.31. The minimum atomic E-state index is -0.0301. The fourth-order valence-electron chi connectivity index (χ4n) is 2.39. The number of anilines is 1. The topological polar surface area (TPSA) is 52.6 Å². The van der Waals surface area contributed by atoms with Gasteiger partial charge in [-0.1, -0.05) is 17.7 Å². The molecule has 4 nitrogen and oxygen atoms in total. The molecular formula is C14H20N2O2. The Bertz CT molecular complexity index is 432. The number of rotatable bonds is 4. The van der Waals surface area contributed by atoms with E-state index in [1.165, 1.54) is 16.8 Å². The number of aliphatic hydroxyl groups excluding tert-OH is 1. The lowest BCUT2D eigenvalue weighted by atomic mass is 9.99. The van der Waals surface area contributed by atoms with E-state index in [2.05, 4.69) is 35.3 Å². The lowest BCUT2D eigenvalue weighted by molar-refractivity contribution is -0.119. The van der Waals surface area contributed by atoms with Crippen LogP contribution in [0.3, 0.4) is 0 Å². The Labute approximate surface area is 108 Å². The standard InChI is InChI=1S/C14H20N2O2/c1-11-4-5-13-12(9-11)3-2-7-16(13)10-14(18)15-6-8-17/h4-5,9,17H,2-3,6-8,10H2,1H3,(H,15,18). The third-order valence-corrected chi connectivity index (χ3v) is 3.22. The molecule has 0 aliphatic carbocycles. The number of amides is 1. The maximum Gasteiger partial charge on any atom is 0.239 e. The SMILES string of the molecule is Cc1ccc2c(c1)CCCN2CC(=O)NCCO. The molecule has 2 rings (SSSR count). The van der Waals surface area contributed by atoms with Gasteiger partial charge in [0, 0.05) is 18.8 Å². The van der Waals surface area contributed by atoms with Crippen molar-refractivity contribution < 1.29 is 9.90 Å². The van der Waals surface area contributed by atoms with Gasteiger partial charge in [0.15, 0.2) is 0 Å². The van der Waals surface area contributed by atoms with E-state index in [1.807, 2.05) is 0 Å². The monoisotopic (exact) mass is 248 g/mol. The zero-order valence-corrected chi connectivity index (χ0v) is 10.8. The van der Waals surface area contributed by atoms with Crippen LogP contribution in [0.25, 0.3) is 0 Å². The van der Waals surface area contributed by atoms with Crippen LogP contribution in [0.5, 0.6) is 0 Å². The van der Waals surface area contributed by atoms with Gasteiger partial charge in [-0.15, -0.1) is 0 Å². The van der Waals surface area contributed by atoms with Crippen LogP contribution in [0.1, 0.15) is 17.5 Å². The summed E-state index contributed by atoms with van der Waals surface area (Å²) < 4.78 is 0. The number of hydrogen-bond acceptors (Lipinski definition) is 3. The van der Waals surface area contributed by atoms with Crippen LogP contribution in [0.2, 0.25) is 0 Å². The zero-order chi connectivity index (χ0) is 13.0. The van der Waals surface area contributed by atoms with Crippen molar-refractivity contribution in [2.24, 2.45) is 0 Å². The Morgan fingerprint density at radius 3 is 3.11 bits per heavy atom. The summed E-state index contributed by atoms with van der Waals surface area (Å²) in [5.41, 5.74) is 3.77. The normalized spacial score (nSPS) is 14.2. The lowest BCUT2D eigenvalue weighted by Crippen LogP contribution is -2.40. The van der Waals surface area contributed by atoms with Gasteiger partial charge in [0.1, 0.15) is 0 Å². The molecule has 1 heterocycles. The summed E-state index contributed by atoms with van der Waals surface area (Å²) in [5.74, 6) is -0.0301. The molecule has 4 heteroatoms. The molecule has 0 unspecified atom stereocenters. The number of aryl methyl sites for hydroxylation is 2. The van der Waals surface area contributed by atoms with Crippen LogP contribution in [-0.2, 0) is 11.2 Å². The Morgan fingerprint density at radius 2 is 2.33 bits per heavy atom. The Balaban J connectivity index is 2.06. The molecule has 1 aliphatic rings. The van der Waals surface area contributed by atoms with E-state index < -0.39 is 0 Å². The van der Waals surface area contributed by atoms with E-state index in [-0.39, 0.29) is 12.5 Å². The second kappa shape index (κ2) is 5.87. The molecule has 1 aromatic carbocycles. The van der Waals surface area contributed by atoms with Crippen LogP contribution >= 0.6 is 0 Å². The predicted molar refractivity (Wildman–Crippen MR) is 71.8 cm³/mol. The van der Waals surface area contributed by atoms with E-state index >= 15 is 0 Å². The first-order valence-electron chi connectivity index (χ1n) is 6.43. The van der Waals surface area contributed by atoms with Crippen molar-refractivity contribution >= 4 is 11.6 Å². The highest BCUT2D eigenvalue weighted by Crippen LogP contribution is 2.27. The quantitative estimate of drug-likeness (QED) is 0.831. The molecule has 18 heavy (non-hydrogen) atoms. The molecule has 0 saturated heterocycles. The second-order valence-electron chi connectivity index (χ2n) is 4.73. The first-order valence-corrected chi connectivity index (χ1v) is 6.43. The molecule has 0 saturated carbocycles. The van der Waals surface area contributed by atoms with Crippen molar-refractivity contribution in [3.8, 4) is 0 Å². The van der Waals surface area contributed by atoms with Gasteiger partial charge in [-0.05, 0) is 31.4 Å². The van der Waals surface area contributed by atoms with Gasteiger partial charge < -0.3 is 15.3 Å². The molecule has 2 N–H and O–H groups in total. The predicted octanol–water partition coefficient (Wildman–Crippen LogP) is 0.856. The van der Waals surface area contributed by atoms with E-state index in [9.17, 15) is 4.79 Å². The van der Waals surface area contributed by atoms with Gasteiger partial charge in [-0.25, -0.2) is 0 Å². The minimum absolute atomic E-state index is 0.0124. The number of nitrogens with one attached hydrogen (secondary N) is 1. The van der Waals surface area contributed by atoms with Crippen molar-refractivity contribution in [3.63, 3.8) is 0 Å².